The fourth-order valence-corrected chi connectivity index (χ4v) is 4.28. The highest BCUT2D eigenvalue weighted by Gasteiger charge is 2.23. The number of aryl methyl sites for hydroxylation is 1. The number of nitrogens with zero attached hydrogens (tertiary/aromatic N) is 2. The van der Waals surface area contributed by atoms with Crippen LogP contribution in [0.25, 0.3) is 10.9 Å². The summed E-state index contributed by atoms with van der Waals surface area (Å²) >= 11 is 5.67. The van der Waals surface area contributed by atoms with Crippen molar-refractivity contribution in [2.45, 2.75) is 18.2 Å². The normalized spacial score (nSPS) is 11.4. The number of carbonyl (C=O) groups is 1. The minimum absolute atomic E-state index is 0.0853. The molecule has 26 heavy (non-hydrogen) atoms. The van der Waals surface area contributed by atoms with E-state index < -0.39 is 10.0 Å². The molecule has 0 saturated heterocycles. The van der Waals surface area contributed by atoms with E-state index in [2.05, 4.69) is 0 Å². The Balaban J connectivity index is 2.28. The molecule has 0 N–H and O–H groups in total. The largest absolute Gasteiger partial charge is 0.294 e. The lowest BCUT2D eigenvalue weighted by Gasteiger charge is -2.08. The molecule has 0 aliphatic carbocycles. The van der Waals surface area contributed by atoms with Crippen molar-refractivity contribution in [3.05, 3.63) is 65.4 Å². The molecule has 0 bridgehead atoms. The number of ketones is 1. The van der Waals surface area contributed by atoms with E-state index in [0.29, 0.717) is 16.5 Å². The quantitative estimate of drug-likeness (QED) is 0.492. The molecule has 2 aromatic carbocycles. The first-order chi connectivity index (χ1) is 12.4. The van der Waals surface area contributed by atoms with Crippen LogP contribution in [0.2, 0.25) is 0 Å². The van der Waals surface area contributed by atoms with E-state index in [9.17, 15) is 13.2 Å². The van der Waals surface area contributed by atoms with Gasteiger partial charge in [-0.1, -0.05) is 17.7 Å². The molecule has 0 saturated carbocycles. The van der Waals surface area contributed by atoms with Gasteiger partial charge in [-0.15, -0.1) is 11.6 Å². The van der Waals surface area contributed by atoms with Crippen molar-refractivity contribution in [1.29, 1.82) is 5.26 Å². The van der Waals surface area contributed by atoms with Gasteiger partial charge in [0.05, 0.1) is 22.0 Å². The zero-order valence-corrected chi connectivity index (χ0v) is 15.5. The van der Waals surface area contributed by atoms with Crippen LogP contribution in [0.5, 0.6) is 0 Å². The minimum atomic E-state index is -3.88. The van der Waals surface area contributed by atoms with Crippen LogP contribution in [0.3, 0.4) is 0 Å². The second kappa shape index (κ2) is 6.94. The second-order valence-corrected chi connectivity index (χ2v) is 8.06. The van der Waals surface area contributed by atoms with E-state index in [4.69, 9.17) is 16.9 Å². The summed E-state index contributed by atoms with van der Waals surface area (Å²) in [5.74, 6) is -0.133. The van der Waals surface area contributed by atoms with Gasteiger partial charge in [0.1, 0.15) is 0 Å². The SMILES string of the molecule is Cc1ccc(S(=O)(=O)n2cc(C(=O)CCCl)c3cc(C#N)ccc32)cc1. The third-order valence-corrected chi connectivity index (χ3v) is 5.98. The summed E-state index contributed by atoms with van der Waals surface area (Å²) < 4.78 is 27.2. The van der Waals surface area contributed by atoms with E-state index >= 15 is 0 Å². The maximum Gasteiger partial charge on any atom is 0.268 e. The Kier molecular flexibility index (Phi) is 4.86. The fraction of sp³-hybridized carbons (Fsp3) is 0.158. The zero-order valence-electron chi connectivity index (χ0n) is 13.9. The molecule has 132 valence electrons. The molecule has 7 heteroatoms. The number of aromatic nitrogens is 1. The monoisotopic (exact) mass is 386 g/mol. The molecule has 0 spiro atoms. The van der Waals surface area contributed by atoms with Gasteiger partial charge in [-0.3, -0.25) is 4.79 Å². The number of nitriles is 1. The number of Topliss-reactive ketones (excluding diaryl/α,β-unsaturated/α-hetero) is 1. The summed E-state index contributed by atoms with van der Waals surface area (Å²) in [5, 5.41) is 9.55. The van der Waals surface area contributed by atoms with Crippen LogP contribution >= 0.6 is 11.6 Å². The first kappa shape index (κ1) is 18.2. The first-order valence-electron chi connectivity index (χ1n) is 7.85. The Labute approximate surface area is 156 Å². The van der Waals surface area contributed by atoms with Crippen LogP contribution in [-0.2, 0) is 10.0 Å². The van der Waals surface area contributed by atoms with Crippen molar-refractivity contribution < 1.29 is 13.2 Å². The van der Waals surface area contributed by atoms with Gasteiger partial charge >= 0.3 is 0 Å². The van der Waals surface area contributed by atoms with Gasteiger partial charge in [0.2, 0.25) is 0 Å². The van der Waals surface area contributed by atoms with Gasteiger partial charge in [0.15, 0.2) is 5.78 Å². The molecule has 0 atom stereocenters. The lowest BCUT2D eigenvalue weighted by Crippen LogP contribution is -2.12. The molecule has 0 unspecified atom stereocenters. The van der Waals surface area contributed by atoms with Crippen molar-refractivity contribution in [2.24, 2.45) is 0 Å². The number of benzene rings is 2. The average molecular weight is 387 g/mol. The first-order valence-corrected chi connectivity index (χ1v) is 9.82. The average Bonchev–Trinajstić information content (AvgIpc) is 3.01. The molecule has 5 nitrogen and oxygen atoms in total. The highest BCUT2D eigenvalue weighted by Crippen LogP contribution is 2.28. The van der Waals surface area contributed by atoms with Crippen LogP contribution in [0.1, 0.15) is 27.9 Å². The minimum Gasteiger partial charge on any atom is -0.294 e. The standard InChI is InChI=1S/C19H15ClN2O3S/c1-13-2-5-15(6-3-13)26(24,25)22-12-17(19(23)8-9-20)16-10-14(11-21)4-7-18(16)22/h2-7,10,12H,8-9H2,1H3. The summed E-state index contributed by atoms with van der Waals surface area (Å²) in [6.45, 7) is 1.87. The van der Waals surface area contributed by atoms with Crippen molar-refractivity contribution >= 4 is 38.3 Å². The molecular weight excluding hydrogens is 372 g/mol. The number of hydrogen-bond donors (Lipinski definition) is 0. The molecule has 0 aliphatic rings. The third-order valence-electron chi connectivity index (χ3n) is 4.10. The van der Waals surface area contributed by atoms with Crippen LogP contribution in [0.4, 0.5) is 0 Å². The molecule has 0 fully saturated rings. The molecule has 3 aromatic rings. The van der Waals surface area contributed by atoms with E-state index in [0.717, 1.165) is 9.54 Å². The molecule has 0 aliphatic heterocycles. The van der Waals surface area contributed by atoms with Gasteiger partial charge in [0, 0.05) is 29.4 Å². The van der Waals surface area contributed by atoms with Crippen LogP contribution in [0, 0.1) is 18.3 Å². The van der Waals surface area contributed by atoms with Crippen molar-refractivity contribution in [3.63, 3.8) is 0 Å². The number of halogens is 1. The fourth-order valence-electron chi connectivity index (χ4n) is 2.74. The number of rotatable bonds is 5. The van der Waals surface area contributed by atoms with E-state index in [1.165, 1.54) is 36.5 Å². The number of alkyl halides is 1. The Hall–Kier alpha value is -2.62. The smallest absolute Gasteiger partial charge is 0.268 e. The maximum absolute atomic E-state index is 13.1. The van der Waals surface area contributed by atoms with Gasteiger partial charge < -0.3 is 0 Å². The Morgan fingerprint density at radius 2 is 1.88 bits per heavy atom. The third kappa shape index (κ3) is 3.12. The second-order valence-electron chi connectivity index (χ2n) is 5.86. The predicted octanol–water partition coefficient (Wildman–Crippen LogP) is 3.87. The van der Waals surface area contributed by atoms with Gasteiger partial charge in [0.25, 0.3) is 10.0 Å². The lowest BCUT2D eigenvalue weighted by molar-refractivity contribution is 0.0991. The van der Waals surface area contributed by atoms with Crippen LogP contribution < -0.4 is 0 Å². The van der Waals surface area contributed by atoms with Gasteiger partial charge in [-0.2, -0.15) is 5.26 Å². The summed E-state index contributed by atoms with van der Waals surface area (Å²) in [7, 11) is -3.88. The summed E-state index contributed by atoms with van der Waals surface area (Å²) in [6, 6.07) is 13.1. The topological polar surface area (TPSA) is 79.9 Å². The maximum atomic E-state index is 13.1. The van der Waals surface area contributed by atoms with Gasteiger partial charge in [-0.05, 0) is 37.3 Å². The number of fused-ring (bicyclic) bond motifs is 1. The molecule has 1 heterocycles. The Morgan fingerprint density at radius 1 is 1.19 bits per heavy atom. The summed E-state index contributed by atoms with van der Waals surface area (Å²) in [4.78, 5) is 12.5. The molecule has 0 amide bonds. The van der Waals surface area contributed by atoms with Crippen LogP contribution in [-0.4, -0.2) is 24.1 Å². The molecule has 1 aromatic heterocycles. The molecule has 0 radical (unpaired) electrons. The van der Waals surface area contributed by atoms with Gasteiger partial charge in [-0.25, -0.2) is 12.4 Å². The lowest BCUT2D eigenvalue weighted by atomic mass is 10.1. The van der Waals surface area contributed by atoms with E-state index in [-0.39, 0.29) is 28.5 Å². The number of carbonyl (C=O) groups excluding carboxylic acids is 1. The zero-order chi connectivity index (χ0) is 18.9. The highest BCUT2D eigenvalue weighted by molar-refractivity contribution is 7.90. The van der Waals surface area contributed by atoms with E-state index in [1.54, 1.807) is 12.1 Å². The Bertz CT molecular complexity index is 1140. The molecular formula is C19H15ClN2O3S. The summed E-state index contributed by atoms with van der Waals surface area (Å²) in [5.41, 5.74) is 1.89. The number of hydrogen-bond acceptors (Lipinski definition) is 4. The molecule has 3 rings (SSSR count). The van der Waals surface area contributed by atoms with Crippen LogP contribution in [0.15, 0.2) is 53.6 Å². The van der Waals surface area contributed by atoms with Crippen molar-refractivity contribution in [3.8, 4) is 6.07 Å². The van der Waals surface area contributed by atoms with Crippen molar-refractivity contribution in [2.75, 3.05) is 5.88 Å². The highest BCUT2D eigenvalue weighted by atomic mass is 35.5. The summed E-state index contributed by atoms with van der Waals surface area (Å²) in [6.07, 6.45) is 1.40. The predicted molar refractivity (Wildman–Crippen MR) is 100 cm³/mol. The Morgan fingerprint density at radius 3 is 2.50 bits per heavy atom. The van der Waals surface area contributed by atoms with Crippen molar-refractivity contribution in [1.82, 2.24) is 3.97 Å². The van der Waals surface area contributed by atoms with E-state index in [1.807, 2.05) is 13.0 Å².